The van der Waals surface area contributed by atoms with E-state index in [2.05, 4.69) is 50.5 Å². The first-order valence-electron chi connectivity index (χ1n) is 3.44. The van der Waals surface area contributed by atoms with E-state index in [-0.39, 0.29) is 0 Å². The third-order valence-electron chi connectivity index (χ3n) is 0.692. The molecule has 0 saturated heterocycles. The molecule has 0 spiro atoms. The third kappa shape index (κ3) is 19.3. The average molecular weight is 262 g/mol. The molecule has 0 aliphatic rings. The van der Waals surface area contributed by atoms with Gasteiger partial charge in [-0.25, -0.2) is 0 Å². The van der Waals surface area contributed by atoms with Crippen molar-refractivity contribution in [2.75, 3.05) is 24.7 Å². The predicted molar refractivity (Wildman–Crippen MR) is 67.9 cm³/mol. The highest BCUT2D eigenvalue weighted by Gasteiger charge is 2.01. The minimum Gasteiger partial charge on any atom is -0.480 e. The van der Waals surface area contributed by atoms with E-state index in [4.69, 9.17) is 9.84 Å². The number of rotatable bonds is 5. The summed E-state index contributed by atoms with van der Waals surface area (Å²) >= 11 is 14.8. The standard InChI is InChI=1S/C4H10OS2.C2H4O2S2/c6-3-1-5-2-4-7;3-1(4)2(5)6/h6-7H,1-4H2;2,5-6H,(H,3,4). The lowest BCUT2D eigenvalue weighted by molar-refractivity contribution is -0.134. The van der Waals surface area contributed by atoms with Crippen molar-refractivity contribution in [2.45, 2.75) is 4.58 Å². The van der Waals surface area contributed by atoms with Gasteiger partial charge in [0.1, 0.15) is 4.58 Å². The molecule has 0 amide bonds. The minimum absolute atomic E-state index is 0.740. The summed E-state index contributed by atoms with van der Waals surface area (Å²) in [7, 11) is 0. The average Bonchev–Trinajstić information content (AvgIpc) is 2.06. The van der Waals surface area contributed by atoms with Gasteiger partial charge < -0.3 is 9.84 Å². The highest BCUT2D eigenvalue weighted by atomic mass is 32.2. The van der Waals surface area contributed by atoms with Gasteiger partial charge in [0, 0.05) is 11.5 Å². The van der Waals surface area contributed by atoms with Crippen LogP contribution in [0.1, 0.15) is 0 Å². The summed E-state index contributed by atoms with van der Waals surface area (Å²) in [5.41, 5.74) is 0. The van der Waals surface area contributed by atoms with Crippen LogP contribution in [0.25, 0.3) is 0 Å². The minimum atomic E-state index is -1.01. The van der Waals surface area contributed by atoms with E-state index in [1.807, 2.05) is 0 Å². The van der Waals surface area contributed by atoms with Crippen molar-refractivity contribution in [3.63, 3.8) is 0 Å². The molecule has 13 heavy (non-hydrogen) atoms. The Hall–Kier alpha value is 0.830. The molecule has 0 fully saturated rings. The van der Waals surface area contributed by atoms with Crippen LogP contribution in [0.3, 0.4) is 0 Å². The zero-order valence-corrected chi connectivity index (χ0v) is 10.5. The van der Waals surface area contributed by atoms with E-state index in [1.165, 1.54) is 0 Å². The Labute approximate surface area is 100 Å². The second-order valence-corrected chi connectivity index (χ2v) is 4.11. The van der Waals surface area contributed by atoms with E-state index in [1.54, 1.807) is 0 Å². The van der Waals surface area contributed by atoms with Gasteiger partial charge in [-0.05, 0) is 0 Å². The largest absolute Gasteiger partial charge is 0.480 e. The lowest BCUT2D eigenvalue weighted by atomic mass is 10.8. The molecule has 0 heterocycles. The van der Waals surface area contributed by atoms with Gasteiger partial charge in [0.05, 0.1) is 13.2 Å². The van der Waals surface area contributed by atoms with E-state index in [0.29, 0.717) is 0 Å². The van der Waals surface area contributed by atoms with Crippen LogP contribution >= 0.6 is 50.5 Å². The number of ether oxygens (including phenoxy) is 1. The molecule has 1 N–H and O–H groups in total. The number of hydrogen-bond donors (Lipinski definition) is 5. The smallest absolute Gasteiger partial charge is 0.326 e. The molecule has 0 bridgehead atoms. The van der Waals surface area contributed by atoms with Crippen LogP contribution in [-0.4, -0.2) is 40.4 Å². The van der Waals surface area contributed by atoms with Crippen LogP contribution in [0.2, 0.25) is 0 Å². The Morgan fingerprint density at radius 1 is 1.23 bits per heavy atom. The van der Waals surface area contributed by atoms with Crippen LogP contribution in [0.4, 0.5) is 0 Å². The maximum Gasteiger partial charge on any atom is 0.326 e. The summed E-state index contributed by atoms with van der Waals surface area (Å²) < 4.78 is 4.14. The molecule has 0 rings (SSSR count). The summed E-state index contributed by atoms with van der Waals surface area (Å²) in [4.78, 5) is 9.55. The quantitative estimate of drug-likeness (QED) is 0.293. The molecular formula is C6H14O3S4. The molecule has 0 radical (unpaired) electrons. The highest BCUT2D eigenvalue weighted by molar-refractivity contribution is 8.00. The second-order valence-electron chi connectivity index (χ2n) is 1.77. The molecule has 0 saturated carbocycles. The van der Waals surface area contributed by atoms with E-state index in [0.717, 1.165) is 24.7 Å². The summed E-state index contributed by atoms with van der Waals surface area (Å²) in [6.07, 6.45) is 0. The fourth-order valence-corrected chi connectivity index (χ4v) is 0.489. The van der Waals surface area contributed by atoms with Gasteiger partial charge in [-0.3, -0.25) is 4.79 Å². The molecule has 0 unspecified atom stereocenters. The Morgan fingerprint density at radius 3 is 1.69 bits per heavy atom. The van der Waals surface area contributed by atoms with Crippen molar-refractivity contribution in [2.24, 2.45) is 0 Å². The molecule has 0 aromatic carbocycles. The van der Waals surface area contributed by atoms with Gasteiger partial charge in [-0.1, -0.05) is 0 Å². The van der Waals surface area contributed by atoms with E-state index >= 15 is 0 Å². The number of carboxylic acids is 1. The number of aliphatic carboxylic acids is 1. The molecule has 0 aliphatic carbocycles. The van der Waals surface area contributed by atoms with Gasteiger partial charge in [-0.2, -0.15) is 50.5 Å². The van der Waals surface area contributed by atoms with Crippen molar-refractivity contribution in [3.8, 4) is 0 Å². The van der Waals surface area contributed by atoms with Crippen LogP contribution in [0, 0.1) is 0 Å². The molecule has 3 nitrogen and oxygen atoms in total. The van der Waals surface area contributed by atoms with Crippen LogP contribution in [-0.2, 0) is 9.53 Å². The topological polar surface area (TPSA) is 46.5 Å². The first-order valence-corrected chi connectivity index (χ1v) is 5.74. The van der Waals surface area contributed by atoms with Gasteiger partial charge in [0.2, 0.25) is 0 Å². The maximum atomic E-state index is 9.55. The van der Waals surface area contributed by atoms with Crippen LogP contribution < -0.4 is 0 Å². The Kier molecular flexibility index (Phi) is 16.1. The fourth-order valence-electron chi connectivity index (χ4n) is 0.231. The number of hydrogen-bond acceptors (Lipinski definition) is 6. The lowest BCUT2D eigenvalue weighted by Gasteiger charge is -1.94. The van der Waals surface area contributed by atoms with Crippen molar-refractivity contribution in [3.05, 3.63) is 0 Å². The highest BCUT2D eigenvalue weighted by Crippen LogP contribution is 1.96. The zero-order valence-electron chi connectivity index (χ0n) is 6.96. The predicted octanol–water partition coefficient (Wildman–Crippen LogP) is 1.12. The Morgan fingerprint density at radius 2 is 1.54 bits per heavy atom. The monoisotopic (exact) mass is 262 g/mol. The summed E-state index contributed by atoms with van der Waals surface area (Å²) in [5.74, 6) is 0.586. The lowest BCUT2D eigenvalue weighted by Crippen LogP contribution is -2.04. The third-order valence-corrected chi connectivity index (χ3v) is 1.50. The summed E-state index contributed by atoms with van der Waals surface area (Å²) in [5, 5.41) is 7.84. The van der Waals surface area contributed by atoms with E-state index < -0.39 is 10.6 Å². The first kappa shape index (κ1) is 16.3. The van der Waals surface area contributed by atoms with Gasteiger partial charge in [0.25, 0.3) is 0 Å². The molecule has 0 aromatic rings. The van der Waals surface area contributed by atoms with Crippen molar-refractivity contribution in [1.29, 1.82) is 0 Å². The van der Waals surface area contributed by atoms with Crippen molar-refractivity contribution >= 4 is 56.5 Å². The molecule has 0 aliphatic heterocycles. The normalized spacial score (nSPS) is 9.31. The molecule has 80 valence electrons. The van der Waals surface area contributed by atoms with Crippen molar-refractivity contribution in [1.82, 2.24) is 0 Å². The zero-order chi connectivity index (χ0) is 10.7. The number of carboxylic acid groups (broad SMARTS) is 1. The maximum absolute atomic E-state index is 9.55. The fraction of sp³-hybridized carbons (Fsp3) is 0.833. The van der Waals surface area contributed by atoms with Crippen LogP contribution in [0.5, 0.6) is 0 Å². The van der Waals surface area contributed by atoms with Crippen molar-refractivity contribution < 1.29 is 14.6 Å². The SMILES string of the molecule is O=C(O)C(S)S.SCCOCCS. The van der Waals surface area contributed by atoms with E-state index in [9.17, 15) is 4.79 Å². The summed E-state index contributed by atoms with van der Waals surface area (Å²) in [6, 6.07) is 0. The van der Waals surface area contributed by atoms with Gasteiger partial charge in [0.15, 0.2) is 0 Å². The molecule has 7 heteroatoms. The number of thiol groups is 4. The van der Waals surface area contributed by atoms with Gasteiger partial charge in [-0.15, -0.1) is 0 Å². The first-order chi connectivity index (χ1) is 6.06. The number of carbonyl (C=O) groups is 1. The second kappa shape index (κ2) is 12.8. The Balaban J connectivity index is 0. The van der Waals surface area contributed by atoms with Crippen LogP contribution in [0.15, 0.2) is 0 Å². The summed E-state index contributed by atoms with van der Waals surface area (Å²) in [6.45, 7) is 1.48. The molecule has 0 aromatic heterocycles. The van der Waals surface area contributed by atoms with Gasteiger partial charge >= 0.3 is 5.97 Å². The molecular weight excluding hydrogens is 248 g/mol. The molecule has 0 atom stereocenters. The Bertz CT molecular complexity index is 116.